The topological polar surface area (TPSA) is 76.2 Å². The lowest BCUT2D eigenvalue weighted by Gasteiger charge is -2.03. The van der Waals surface area contributed by atoms with E-state index in [2.05, 4.69) is 9.97 Å². The third-order valence-electron chi connectivity index (χ3n) is 2.20. The number of hydrogen-bond donors (Lipinski definition) is 1. The van der Waals surface area contributed by atoms with E-state index in [0.717, 1.165) is 10.7 Å². The van der Waals surface area contributed by atoms with Crippen molar-refractivity contribution in [2.24, 2.45) is 0 Å². The molecule has 2 heterocycles. The third kappa shape index (κ3) is 2.65. The zero-order valence-electron chi connectivity index (χ0n) is 9.08. The first-order valence-corrected chi connectivity index (χ1v) is 5.86. The molecule has 0 aromatic carbocycles. The lowest BCUT2D eigenvalue weighted by molar-refractivity contribution is 0.0695. The second-order valence-electron chi connectivity index (χ2n) is 3.32. The van der Waals surface area contributed by atoms with Gasteiger partial charge in [0.15, 0.2) is 0 Å². The number of rotatable bonds is 4. The number of furan rings is 1. The van der Waals surface area contributed by atoms with Gasteiger partial charge in [-0.05, 0) is 13.0 Å². The minimum absolute atomic E-state index is 0.140. The summed E-state index contributed by atoms with van der Waals surface area (Å²) in [5, 5.41) is 8.97. The lowest BCUT2D eigenvalue weighted by Crippen LogP contribution is -2.04. The molecule has 0 aliphatic heterocycles. The molecule has 0 fully saturated rings. The minimum Gasteiger partial charge on any atom is -0.478 e. The smallest absolute Gasteiger partial charge is 0.339 e. The van der Waals surface area contributed by atoms with Crippen LogP contribution in [0.15, 0.2) is 34.2 Å². The summed E-state index contributed by atoms with van der Waals surface area (Å²) < 4.78 is 5.16. The number of carboxylic acids is 1. The third-order valence-corrected chi connectivity index (χ3v) is 3.35. The number of carbonyl (C=O) groups is 1. The molecule has 2 aromatic rings. The van der Waals surface area contributed by atoms with Gasteiger partial charge in [-0.25, -0.2) is 14.8 Å². The SMILES string of the molecule is Cc1occc1SCc1ncncc1C(=O)O. The molecule has 0 spiro atoms. The van der Waals surface area contributed by atoms with Crippen molar-refractivity contribution in [2.75, 3.05) is 0 Å². The van der Waals surface area contributed by atoms with Crippen LogP contribution in [0.3, 0.4) is 0 Å². The second kappa shape index (κ2) is 5.01. The van der Waals surface area contributed by atoms with Crippen LogP contribution in [0.1, 0.15) is 21.8 Å². The highest BCUT2D eigenvalue weighted by Crippen LogP contribution is 2.26. The van der Waals surface area contributed by atoms with Gasteiger partial charge in [-0.3, -0.25) is 0 Å². The molecular weight excluding hydrogens is 240 g/mol. The Morgan fingerprint density at radius 1 is 1.59 bits per heavy atom. The van der Waals surface area contributed by atoms with E-state index in [9.17, 15) is 4.79 Å². The molecule has 0 saturated heterocycles. The van der Waals surface area contributed by atoms with Gasteiger partial charge in [-0.2, -0.15) is 0 Å². The van der Waals surface area contributed by atoms with Gasteiger partial charge >= 0.3 is 5.97 Å². The van der Waals surface area contributed by atoms with Gasteiger partial charge in [0.2, 0.25) is 0 Å². The Balaban J connectivity index is 2.14. The van der Waals surface area contributed by atoms with E-state index >= 15 is 0 Å². The van der Waals surface area contributed by atoms with Crippen LogP contribution in [0.2, 0.25) is 0 Å². The zero-order chi connectivity index (χ0) is 12.3. The van der Waals surface area contributed by atoms with Crippen LogP contribution >= 0.6 is 11.8 Å². The highest BCUT2D eigenvalue weighted by atomic mass is 32.2. The number of aromatic nitrogens is 2. The molecule has 0 amide bonds. The van der Waals surface area contributed by atoms with Gasteiger partial charge in [-0.1, -0.05) is 0 Å². The van der Waals surface area contributed by atoms with Crippen molar-refractivity contribution < 1.29 is 14.3 Å². The van der Waals surface area contributed by atoms with Gasteiger partial charge in [0.25, 0.3) is 0 Å². The number of hydrogen-bond acceptors (Lipinski definition) is 5. The van der Waals surface area contributed by atoms with Crippen LogP contribution in [0.4, 0.5) is 0 Å². The fraction of sp³-hybridized carbons (Fsp3) is 0.182. The van der Waals surface area contributed by atoms with Crippen molar-refractivity contribution >= 4 is 17.7 Å². The molecule has 17 heavy (non-hydrogen) atoms. The van der Waals surface area contributed by atoms with Crippen LogP contribution < -0.4 is 0 Å². The van der Waals surface area contributed by atoms with E-state index < -0.39 is 5.97 Å². The minimum atomic E-state index is -1.01. The fourth-order valence-corrected chi connectivity index (χ4v) is 2.24. The van der Waals surface area contributed by atoms with E-state index in [0.29, 0.717) is 11.4 Å². The fourth-order valence-electron chi connectivity index (χ4n) is 1.32. The first kappa shape index (κ1) is 11.7. The number of aromatic carboxylic acids is 1. The van der Waals surface area contributed by atoms with Crippen molar-refractivity contribution in [3.05, 3.63) is 41.9 Å². The summed E-state index contributed by atoms with van der Waals surface area (Å²) in [6, 6.07) is 1.85. The monoisotopic (exact) mass is 250 g/mol. The quantitative estimate of drug-likeness (QED) is 0.839. The van der Waals surface area contributed by atoms with E-state index in [1.165, 1.54) is 24.3 Å². The first-order chi connectivity index (χ1) is 8.18. The van der Waals surface area contributed by atoms with Crippen LogP contribution in [-0.2, 0) is 5.75 Å². The van der Waals surface area contributed by atoms with Crippen LogP contribution in [0.25, 0.3) is 0 Å². The lowest BCUT2D eigenvalue weighted by atomic mass is 10.2. The number of carboxylic acid groups (broad SMARTS) is 1. The molecule has 2 aromatic heterocycles. The number of thioether (sulfide) groups is 1. The Hall–Kier alpha value is -1.82. The molecule has 1 N–H and O–H groups in total. The Labute approximate surface area is 102 Å². The van der Waals surface area contributed by atoms with Crippen molar-refractivity contribution in [1.82, 2.24) is 9.97 Å². The molecule has 88 valence electrons. The number of aryl methyl sites for hydroxylation is 1. The molecule has 0 aliphatic rings. The van der Waals surface area contributed by atoms with Gasteiger partial charge in [-0.15, -0.1) is 11.8 Å². The maximum atomic E-state index is 10.9. The van der Waals surface area contributed by atoms with E-state index in [1.807, 2.05) is 13.0 Å². The van der Waals surface area contributed by atoms with E-state index in [1.54, 1.807) is 6.26 Å². The molecule has 0 aliphatic carbocycles. The summed E-state index contributed by atoms with van der Waals surface area (Å²) in [4.78, 5) is 19.6. The summed E-state index contributed by atoms with van der Waals surface area (Å²) in [6.07, 6.45) is 4.27. The molecule has 2 rings (SSSR count). The van der Waals surface area contributed by atoms with Gasteiger partial charge in [0.05, 0.1) is 12.0 Å². The highest BCUT2D eigenvalue weighted by Gasteiger charge is 2.12. The molecule has 0 radical (unpaired) electrons. The van der Waals surface area contributed by atoms with Crippen LogP contribution in [-0.4, -0.2) is 21.0 Å². The predicted molar refractivity (Wildman–Crippen MR) is 62.0 cm³/mol. The van der Waals surface area contributed by atoms with Crippen molar-refractivity contribution in [3.63, 3.8) is 0 Å². The van der Waals surface area contributed by atoms with Crippen molar-refractivity contribution in [1.29, 1.82) is 0 Å². The largest absolute Gasteiger partial charge is 0.478 e. The van der Waals surface area contributed by atoms with Crippen molar-refractivity contribution in [3.8, 4) is 0 Å². The predicted octanol–water partition coefficient (Wildman–Crippen LogP) is 2.37. The molecule has 0 atom stereocenters. The molecule has 5 nitrogen and oxygen atoms in total. The van der Waals surface area contributed by atoms with Gasteiger partial charge in [0, 0.05) is 16.8 Å². The van der Waals surface area contributed by atoms with Crippen molar-refractivity contribution in [2.45, 2.75) is 17.6 Å². The van der Waals surface area contributed by atoms with Crippen LogP contribution in [0.5, 0.6) is 0 Å². The first-order valence-electron chi connectivity index (χ1n) is 4.87. The molecule has 0 unspecified atom stereocenters. The Kier molecular flexibility index (Phi) is 3.43. The average Bonchev–Trinajstić information content (AvgIpc) is 2.72. The van der Waals surface area contributed by atoms with Gasteiger partial charge < -0.3 is 9.52 Å². The summed E-state index contributed by atoms with van der Waals surface area (Å²) in [5.74, 6) is 0.288. The molecular formula is C11H10N2O3S. The summed E-state index contributed by atoms with van der Waals surface area (Å²) in [5.41, 5.74) is 0.652. The highest BCUT2D eigenvalue weighted by molar-refractivity contribution is 7.98. The molecule has 0 saturated carbocycles. The summed E-state index contributed by atoms with van der Waals surface area (Å²) in [6.45, 7) is 1.86. The Morgan fingerprint density at radius 3 is 3.06 bits per heavy atom. The summed E-state index contributed by atoms with van der Waals surface area (Å²) >= 11 is 1.49. The average molecular weight is 250 g/mol. The summed E-state index contributed by atoms with van der Waals surface area (Å²) in [7, 11) is 0. The Bertz CT molecular complexity index is 539. The number of nitrogens with zero attached hydrogens (tertiary/aromatic N) is 2. The van der Waals surface area contributed by atoms with Gasteiger partial charge in [0.1, 0.15) is 17.7 Å². The zero-order valence-corrected chi connectivity index (χ0v) is 9.90. The van der Waals surface area contributed by atoms with Crippen LogP contribution in [0, 0.1) is 6.92 Å². The Morgan fingerprint density at radius 2 is 2.41 bits per heavy atom. The standard InChI is InChI=1S/C11H10N2O3S/c1-7-10(2-3-16-7)17-5-9-8(11(14)15)4-12-6-13-9/h2-4,6H,5H2,1H3,(H,14,15). The van der Waals surface area contributed by atoms with E-state index in [-0.39, 0.29) is 5.56 Å². The normalized spacial score (nSPS) is 10.4. The van der Waals surface area contributed by atoms with E-state index in [4.69, 9.17) is 9.52 Å². The molecule has 6 heteroatoms. The second-order valence-corrected chi connectivity index (χ2v) is 4.34. The maximum Gasteiger partial charge on any atom is 0.339 e. The maximum absolute atomic E-state index is 10.9. The molecule has 0 bridgehead atoms.